The standard InChI is InChI=1S/C20H22N4O3S/c1-14(2)12-27-18-11-16(19(25)23-20-24-21-13-28-20)10-17(22-18)26-9-8-15-6-4-3-5-7-15/h3-7,10-11,13-14H,8-9,12H2,1-2H3,(H,23,24,25). The van der Waals surface area contributed by atoms with Gasteiger partial charge in [0.2, 0.25) is 16.9 Å². The van der Waals surface area contributed by atoms with Crippen LogP contribution in [0.3, 0.4) is 0 Å². The molecule has 0 unspecified atom stereocenters. The number of nitrogens with one attached hydrogen (secondary N) is 1. The highest BCUT2D eigenvalue weighted by molar-refractivity contribution is 7.13. The smallest absolute Gasteiger partial charge is 0.257 e. The van der Waals surface area contributed by atoms with Crippen LogP contribution in [0.25, 0.3) is 0 Å². The molecule has 0 radical (unpaired) electrons. The van der Waals surface area contributed by atoms with Crippen LogP contribution in [0, 0.1) is 5.92 Å². The number of pyridine rings is 1. The molecule has 8 heteroatoms. The number of hydrogen-bond donors (Lipinski definition) is 1. The number of carbonyl (C=O) groups is 1. The summed E-state index contributed by atoms with van der Waals surface area (Å²) in [5.74, 6) is 0.720. The maximum atomic E-state index is 12.5. The second kappa shape index (κ2) is 9.80. The van der Waals surface area contributed by atoms with Gasteiger partial charge in [-0.1, -0.05) is 55.5 Å². The van der Waals surface area contributed by atoms with Crippen LogP contribution < -0.4 is 14.8 Å². The van der Waals surface area contributed by atoms with Crippen molar-refractivity contribution in [1.29, 1.82) is 0 Å². The Morgan fingerprint density at radius 1 is 1.14 bits per heavy atom. The summed E-state index contributed by atoms with van der Waals surface area (Å²) in [5.41, 5.74) is 3.11. The van der Waals surface area contributed by atoms with E-state index >= 15 is 0 Å². The van der Waals surface area contributed by atoms with Crippen LogP contribution in [-0.2, 0) is 6.42 Å². The molecule has 0 aliphatic rings. The molecule has 7 nitrogen and oxygen atoms in total. The maximum absolute atomic E-state index is 12.5. The summed E-state index contributed by atoms with van der Waals surface area (Å²) in [6.07, 6.45) is 0.742. The fraction of sp³-hybridized carbons (Fsp3) is 0.300. The van der Waals surface area contributed by atoms with Crippen LogP contribution in [0.4, 0.5) is 5.13 Å². The zero-order valence-corrected chi connectivity index (χ0v) is 16.6. The molecule has 2 aromatic heterocycles. The molecule has 0 aliphatic heterocycles. The van der Waals surface area contributed by atoms with Gasteiger partial charge in [0.05, 0.1) is 18.8 Å². The summed E-state index contributed by atoms with van der Waals surface area (Å²) < 4.78 is 11.5. The van der Waals surface area contributed by atoms with E-state index in [1.165, 1.54) is 16.9 Å². The predicted octanol–water partition coefficient (Wildman–Crippen LogP) is 3.84. The van der Waals surface area contributed by atoms with Crippen molar-refractivity contribution in [2.45, 2.75) is 20.3 Å². The van der Waals surface area contributed by atoms with E-state index in [0.29, 0.717) is 41.6 Å². The van der Waals surface area contributed by atoms with Gasteiger partial charge in [-0.15, -0.1) is 10.2 Å². The molecule has 0 spiro atoms. The Morgan fingerprint density at radius 3 is 2.57 bits per heavy atom. The summed E-state index contributed by atoms with van der Waals surface area (Å²) in [5, 5.41) is 10.7. The molecule has 1 N–H and O–H groups in total. The molecule has 146 valence electrons. The minimum absolute atomic E-state index is 0.318. The summed E-state index contributed by atoms with van der Waals surface area (Å²) in [4.78, 5) is 16.9. The molecular formula is C20H22N4O3S. The first-order valence-electron chi connectivity index (χ1n) is 8.99. The Labute approximate surface area is 167 Å². The fourth-order valence-electron chi connectivity index (χ4n) is 2.33. The van der Waals surface area contributed by atoms with Crippen molar-refractivity contribution < 1.29 is 14.3 Å². The predicted molar refractivity (Wildman–Crippen MR) is 108 cm³/mol. The molecule has 28 heavy (non-hydrogen) atoms. The van der Waals surface area contributed by atoms with Crippen molar-refractivity contribution in [1.82, 2.24) is 15.2 Å². The topological polar surface area (TPSA) is 86.2 Å². The van der Waals surface area contributed by atoms with E-state index in [1.807, 2.05) is 44.2 Å². The number of benzene rings is 1. The Balaban J connectivity index is 1.71. The van der Waals surface area contributed by atoms with Gasteiger partial charge in [0, 0.05) is 18.6 Å². The Bertz CT molecular complexity index is 886. The third-order valence-corrected chi connectivity index (χ3v) is 4.28. The number of ether oxygens (including phenoxy) is 2. The fourth-order valence-corrected chi connectivity index (χ4v) is 2.77. The Hall–Kier alpha value is -3.00. The van der Waals surface area contributed by atoms with Gasteiger partial charge in [0.15, 0.2) is 0 Å². The molecule has 2 heterocycles. The van der Waals surface area contributed by atoms with Crippen LogP contribution in [0.2, 0.25) is 0 Å². The summed E-state index contributed by atoms with van der Waals surface area (Å²) >= 11 is 1.25. The van der Waals surface area contributed by atoms with Crippen LogP contribution in [0.15, 0.2) is 48.0 Å². The zero-order valence-electron chi connectivity index (χ0n) is 15.8. The minimum atomic E-state index is -0.318. The molecule has 1 amide bonds. The molecule has 0 atom stereocenters. The van der Waals surface area contributed by atoms with Crippen molar-refractivity contribution in [2.75, 3.05) is 18.5 Å². The Kier molecular flexibility index (Phi) is 6.91. The lowest BCUT2D eigenvalue weighted by atomic mass is 10.2. The molecule has 3 rings (SSSR count). The van der Waals surface area contributed by atoms with Crippen LogP contribution >= 0.6 is 11.3 Å². The van der Waals surface area contributed by atoms with E-state index in [9.17, 15) is 4.79 Å². The first-order chi connectivity index (χ1) is 13.6. The van der Waals surface area contributed by atoms with Crippen molar-refractivity contribution in [2.24, 2.45) is 5.92 Å². The number of amides is 1. The summed E-state index contributed by atoms with van der Waals surface area (Å²) in [7, 11) is 0. The highest BCUT2D eigenvalue weighted by Gasteiger charge is 2.14. The number of aromatic nitrogens is 3. The van der Waals surface area contributed by atoms with E-state index in [4.69, 9.17) is 9.47 Å². The van der Waals surface area contributed by atoms with Crippen molar-refractivity contribution in [3.8, 4) is 11.8 Å². The summed E-state index contributed by atoms with van der Waals surface area (Å²) in [6.45, 7) is 5.03. The van der Waals surface area contributed by atoms with Crippen molar-refractivity contribution >= 4 is 22.4 Å². The van der Waals surface area contributed by atoms with Crippen LogP contribution in [-0.4, -0.2) is 34.3 Å². The lowest BCUT2D eigenvalue weighted by Crippen LogP contribution is -2.14. The molecule has 0 saturated carbocycles. The van der Waals surface area contributed by atoms with Gasteiger partial charge in [0.25, 0.3) is 5.91 Å². The molecular weight excluding hydrogens is 376 g/mol. The van der Waals surface area contributed by atoms with Gasteiger partial charge in [-0.2, -0.15) is 4.98 Å². The largest absolute Gasteiger partial charge is 0.477 e. The maximum Gasteiger partial charge on any atom is 0.257 e. The molecule has 0 fully saturated rings. The molecule has 3 aromatic rings. The van der Waals surface area contributed by atoms with Gasteiger partial charge in [-0.3, -0.25) is 10.1 Å². The zero-order chi connectivity index (χ0) is 19.8. The molecule has 0 aliphatic carbocycles. The van der Waals surface area contributed by atoms with Gasteiger partial charge < -0.3 is 9.47 Å². The van der Waals surface area contributed by atoms with E-state index in [0.717, 1.165) is 6.42 Å². The quantitative estimate of drug-likeness (QED) is 0.589. The second-order valence-electron chi connectivity index (χ2n) is 6.52. The van der Waals surface area contributed by atoms with Crippen molar-refractivity contribution in [3.63, 3.8) is 0 Å². The third-order valence-electron chi connectivity index (χ3n) is 3.67. The molecule has 0 bridgehead atoms. The van der Waals surface area contributed by atoms with E-state index in [1.54, 1.807) is 17.6 Å². The van der Waals surface area contributed by atoms with Gasteiger partial charge in [0.1, 0.15) is 5.51 Å². The number of anilines is 1. The van der Waals surface area contributed by atoms with Crippen molar-refractivity contribution in [3.05, 3.63) is 59.1 Å². The van der Waals surface area contributed by atoms with Gasteiger partial charge in [-0.05, 0) is 11.5 Å². The number of rotatable bonds is 9. The van der Waals surface area contributed by atoms with E-state index < -0.39 is 0 Å². The average molecular weight is 398 g/mol. The molecule has 0 saturated heterocycles. The van der Waals surface area contributed by atoms with Gasteiger partial charge in [-0.25, -0.2) is 0 Å². The first-order valence-corrected chi connectivity index (χ1v) is 9.87. The number of hydrogen-bond acceptors (Lipinski definition) is 7. The number of carbonyl (C=O) groups excluding carboxylic acids is 1. The monoisotopic (exact) mass is 398 g/mol. The SMILES string of the molecule is CC(C)COc1cc(C(=O)Nc2nncs2)cc(OCCc2ccccc2)n1. The second-order valence-corrected chi connectivity index (χ2v) is 7.35. The highest BCUT2D eigenvalue weighted by Crippen LogP contribution is 2.21. The lowest BCUT2D eigenvalue weighted by molar-refractivity contribution is 0.102. The average Bonchev–Trinajstić information content (AvgIpc) is 3.20. The van der Waals surface area contributed by atoms with Crippen LogP contribution in [0.5, 0.6) is 11.8 Å². The Morgan fingerprint density at radius 2 is 1.89 bits per heavy atom. The van der Waals surface area contributed by atoms with E-state index in [2.05, 4.69) is 20.5 Å². The number of nitrogens with zero attached hydrogens (tertiary/aromatic N) is 3. The van der Waals surface area contributed by atoms with E-state index in [-0.39, 0.29) is 5.91 Å². The lowest BCUT2D eigenvalue weighted by Gasteiger charge is -2.12. The minimum Gasteiger partial charge on any atom is -0.477 e. The molecule has 1 aromatic carbocycles. The first kappa shape index (κ1) is 19.8. The van der Waals surface area contributed by atoms with Gasteiger partial charge >= 0.3 is 0 Å². The normalized spacial score (nSPS) is 10.7. The summed E-state index contributed by atoms with van der Waals surface area (Å²) in [6, 6.07) is 13.2. The highest BCUT2D eigenvalue weighted by atomic mass is 32.1. The van der Waals surface area contributed by atoms with Crippen LogP contribution in [0.1, 0.15) is 29.8 Å². The third kappa shape index (κ3) is 6.02.